The van der Waals surface area contributed by atoms with E-state index in [-0.39, 0.29) is 11.5 Å². The largest absolute Gasteiger partial charge is 0.405 e. The maximum atomic E-state index is 12.8. The quantitative estimate of drug-likeness (QED) is 0.930. The van der Waals surface area contributed by atoms with Crippen LogP contribution in [0, 0.1) is 12.8 Å². The lowest BCUT2D eigenvalue weighted by molar-refractivity contribution is -0.119. The highest BCUT2D eigenvalue weighted by atomic mass is 19.4. The van der Waals surface area contributed by atoms with Gasteiger partial charge in [-0.1, -0.05) is 13.8 Å². The van der Waals surface area contributed by atoms with E-state index < -0.39 is 12.7 Å². The van der Waals surface area contributed by atoms with Gasteiger partial charge in [-0.3, -0.25) is 4.79 Å². The molecule has 2 aromatic rings. The molecule has 0 aliphatic rings. The standard InChI is InChI=1S/C16H19F3N2O/c1-10(2)8-21(9-16(17,18)19)12-4-5-14-13(7-12)11(3)6-15(22)20-14/h4-7,10H,8-9H2,1-3H3,(H,20,22). The molecule has 0 saturated heterocycles. The topological polar surface area (TPSA) is 36.1 Å². The van der Waals surface area contributed by atoms with Gasteiger partial charge >= 0.3 is 6.18 Å². The van der Waals surface area contributed by atoms with E-state index in [1.165, 1.54) is 11.0 Å². The first-order valence-electron chi connectivity index (χ1n) is 7.11. The molecular weight excluding hydrogens is 293 g/mol. The number of benzene rings is 1. The number of hydrogen-bond acceptors (Lipinski definition) is 2. The summed E-state index contributed by atoms with van der Waals surface area (Å²) in [4.78, 5) is 15.5. The molecule has 1 N–H and O–H groups in total. The van der Waals surface area contributed by atoms with Crippen molar-refractivity contribution in [1.29, 1.82) is 0 Å². The van der Waals surface area contributed by atoms with E-state index in [1.807, 2.05) is 13.8 Å². The SMILES string of the molecule is Cc1cc(=O)[nH]c2ccc(N(CC(C)C)CC(F)(F)F)cc12. The van der Waals surface area contributed by atoms with Gasteiger partial charge in [0, 0.05) is 29.2 Å². The van der Waals surface area contributed by atoms with Crippen molar-refractivity contribution >= 4 is 16.6 Å². The van der Waals surface area contributed by atoms with Gasteiger partial charge in [0.15, 0.2) is 0 Å². The van der Waals surface area contributed by atoms with Crippen LogP contribution in [0.25, 0.3) is 10.9 Å². The van der Waals surface area contributed by atoms with Crippen molar-refractivity contribution in [2.75, 3.05) is 18.0 Å². The molecular formula is C16H19F3N2O. The molecule has 0 aliphatic heterocycles. The van der Waals surface area contributed by atoms with E-state index in [4.69, 9.17) is 0 Å². The van der Waals surface area contributed by atoms with E-state index in [9.17, 15) is 18.0 Å². The number of aryl methyl sites for hydroxylation is 1. The van der Waals surface area contributed by atoms with Crippen LogP contribution in [-0.4, -0.2) is 24.2 Å². The Morgan fingerprint density at radius 2 is 1.91 bits per heavy atom. The predicted octanol–water partition coefficient (Wildman–Crippen LogP) is 3.86. The van der Waals surface area contributed by atoms with Gasteiger partial charge in [0.25, 0.3) is 0 Å². The predicted molar refractivity (Wildman–Crippen MR) is 82.4 cm³/mol. The maximum Gasteiger partial charge on any atom is 0.405 e. The zero-order valence-corrected chi connectivity index (χ0v) is 12.8. The number of halogens is 3. The second-order valence-corrected chi connectivity index (χ2v) is 5.94. The van der Waals surface area contributed by atoms with Crippen LogP contribution in [0.4, 0.5) is 18.9 Å². The van der Waals surface area contributed by atoms with E-state index in [2.05, 4.69) is 4.98 Å². The molecule has 0 atom stereocenters. The summed E-state index contributed by atoms with van der Waals surface area (Å²) in [6.45, 7) is 4.87. The molecule has 0 amide bonds. The number of pyridine rings is 1. The minimum atomic E-state index is -4.26. The normalized spacial score (nSPS) is 12.1. The third kappa shape index (κ3) is 4.02. The number of hydrogen-bond donors (Lipinski definition) is 1. The van der Waals surface area contributed by atoms with Crippen molar-refractivity contribution in [3.05, 3.63) is 40.2 Å². The molecule has 0 radical (unpaired) electrons. The lowest BCUT2D eigenvalue weighted by Gasteiger charge is -2.28. The molecule has 22 heavy (non-hydrogen) atoms. The number of nitrogens with one attached hydrogen (secondary N) is 1. The van der Waals surface area contributed by atoms with Gasteiger partial charge in [-0.25, -0.2) is 0 Å². The molecule has 3 nitrogen and oxygen atoms in total. The van der Waals surface area contributed by atoms with Gasteiger partial charge in [0.1, 0.15) is 6.54 Å². The molecule has 1 aromatic heterocycles. The third-order valence-corrected chi connectivity index (χ3v) is 3.35. The number of H-pyrrole nitrogens is 1. The number of aromatic nitrogens is 1. The summed E-state index contributed by atoms with van der Waals surface area (Å²) in [5.41, 5.74) is 1.67. The first-order valence-corrected chi connectivity index (χ1v) is 7.11. The Labute approximate surface area is 126 Å². The van der Waals surface area contributed by atoms with Crippen molar-refractivity contribution in [1.82, 2.24) is 4.98 Å². The number of anilines is 1. The monoisotopic (exact) mass is 312 g/mol. The molecule has 0 saturated carbocycles. The zero-order valence-electron chi connectivity index (χ0n) is 12.8. The van der Waals surface area contributed by atoms with Crippen molar-refractivity contribution in [3.63, 3.8) is 0 Å². The molecule has 0 aliphatic carbocycles. The smallest absolute Gasteiger partial charge is 0.362 e. The fourth-order valence-corrected chi connectivity index (χ4v) is 2.53. The minimum Gasteiger partial charge on any atom is -0.362 e. The number of nitrogens with zero attached hydrogens (tertiary/aromatic N) is 1. The van der Waals surface area contributed by atoms with E-state index in [1.54, 1.807) is 25.1 Å². The minimum absolute atomic E-state index is 0.106. The van der Waals surface area contributed by atoms with Gasteiger partial charge in [0.2, 0.25) is 5.56 Å². The first kappa shape index (κ1) is 16.4. The Kier molecular flexibility index (Phi) is 4.49. The lowest BCUT2D eigenvalue weighted by atomic mass is 10.1. The van der Waals surface area contributed by atoms with E-state index in [0.717, 1.165) is 10.9 Å². The zero-order chi connectivity index (χ0) is 16.5. The van der Waals surface area contributed by atoms with Crippen molar-refractivity contribution in [2.24, 2.45) is 5.92 Å². The Hall–Kier alpha value is -1.98. The molecule has 0 spiro atoms. The Morgan fingerprint density at radius 1 is 1.23 bits per heavy atom. The molecule has 120 valence electrons. The van der Waals surface area contributed by atoms with E-state index >= 15 is 0 Å². The summed E-state index contributed by atoms with van der Waals surface area (Å²) >= 11 is 0. The van der Waals surface area contributed by atoms with Crippen LogP contribution in [-0.2, 0) is 0 Å². The number of aromatic amines is 1. The summed E-state index contributed by atoms with van der Waals surface area (Å²) in [5.74, 6) is 0.106. The summed E-state index contributed by atoms with van der Waals surface area (Å²) in [5, 5.41) is 0.757. The van der Waals surface area contributed by atoms with Crippen LogP contribution in [0.15, 0.2) is 29.1 Å². The molecule has 0 unspecified atom stereocenters. The highest BCUT2D eigenvalue weighted by molar-refractivity contribution is 5.85. The summed E-state index contributed by atoms with van der Waals surface area (Å²) in [6.07, 6.45) is -4.26. The van der Waals surface area contributed by atoms with Gasteiger partial charge in [-0.15, -0.1) is 0 Å². The number of rotatable bonds is 4. The molecule has 1 heterocycles. The van der Waals surface area contributed by atoms with Gasteiger partial charge in [-0.2, -0.15) is 13.2 Å². The van der Waals surface area contributed by atoms with Crippen molar-refractivity contribution in [2.45, 2.75) is 26.9 Å². The second-order valence-electron chi connectivity index (χ2n) is 5.94. The first-order chi connectivity index (χ1) is 10.2. The van der Waals surface area contributed by atoms with Crippen molar-refractivity contribution in [3.8, 4) is 0 Å². The Bertz CT molecular complexity index is 719. The third-order valence-electron chi connectivity index (χ3n) is 3.35. The molecule has 0 fully saturated rings. The lowest BCUT2D eigenvalue weighted by Crippen LogP contribution is -2.36. The average molecular weight is 312 g/mol. The Morgan fingerprint density at radius 3 is 2.50 bits per heavy atom. The fourth-order valence-electron chi connectivity index (χ4n) is 2.53. The maximum absolute atomic E-state index is 12.8. The Balaban J connectivity index is 2.47. The molecule has 6 heteroatoms. The van der Waals surface area contributed by atoms with Gasteiger partial charge < -0.3 is 9.88 Å². The van der Waals surface area contributed by atoms with Gasteiger partial charge in [0.05, 0.1) is 0 Å². The summed E-state index contributed by atoms with van der Waals surface area (Å²) in [7, 11) is 0. The van der Waals surface area contributed by atoms with Crippen LogP contribution >= 0.6 is 0 Å². The highest BCUT2D eigenvalue weighted by Gasteiger charge is 2.31. The summed E-state index contributed by atoms with van der Waals surface area (Å²) in [6, 6.07) is 6.42. The van der Waals surface area contributed by atoms with Crippen LogP contribution in [0.1, 0.15) is 19.4 Å². The van der Waals surface area contributed by atoms with Gasteiger partial charge in [-0.05, 0) is 36.6 Å². The van der Waals surface area contributed by atoms with Crippen LogP contribution in [0.2, 0.25) is 0 Å². The second kappa shape index (κ2) is 6.02. The highest BCUT2D eigenvalue weighted by Crippen LogP contribution is 2.26. The van der Waals surface area contributed by atoms with Crippen LogP contribution in [0.3, 0.4) is 0 Å². The molecule has 2 rings (SSSR count). The molecule has 1 aromatic carbocycles. The van der Waals surface area contributed by atoms with E-state index in [0.29, 0.717) is 17.7 Å². The summed E-state index contributed by atoms with van der Waals surface area (Å²) < 4.78 is 38.4. The number of fused-ring (bicyclic) bond motifs is 1. The van der Waals surface area contributed by atoms with Crippen LogP contribution < -0.4 is 10.5 Å². The van der Waals surface area contributed by atoms with Crippen LogP contribution in [0.5, 0.6) is 0 Å². The molecule has 0 bridgehead atoms. The average Bonchev–Trinajstić information content (AvgIpc) is 2.35. The van der Waals surface area contributed by atoms with Crippen molar-refractivity contribution < 1.29 is 13.2 Å². The number of alkyl halides is 3. The fraction of sp³-hybridized carbons (Fsp3) is 0.438.